The van der Waals surface area contributed by atoms with E-state index >= 15 is 0 Å². The average molecular weight is 317 g/mol. The van der Waals surface area contributed by atoms with Gasteiger partial charge in [0, 0.05) is 5.75 Å². The van der Waals surface area contributed by atoms with Gasteiger partial charge in [0.25, 0.3) is 0 Å². The lowest BCUT2D eigenvalue weighted by Gasteiger charge is -2.14. The van der Waals surface area contributed by atoms with Gasteiger partial charge in [-0.25, -0.2) is 4.39 Å². The molecule has 2 aromatic rings. The fraction of sp³-hybridized carbons (Fsp3) is 0.278. The van der Waals surface area contributed by atoms with E-state index < -0.39 is 0 Å². The average Bonchev–Trinajstić information content (AvgIpc) is 2.48. The van der Waals surface area contributed by atoms with Crippen LogP contribution >= 0.6 is 11.8 Å². The van der Waals surface area contributed by atoms with Crippen LogP contribution in [0.1, 0.15) is 29.7 Å². The van der Waals surface area contributed by atoms with Crippen molar-refractivity contribution in [3.05, 3.63) is 71.0 Å². The number of benzene rings is 2. The summed E-state index contributed by atoms with van der Waals surface area (Å²) in [6, 6.07) is 14.4. The molecule has 0 heterocycles. The molecule has 0 radical (unpaired) electrons. The highest BCUT2D eigenvalue weighted by molar-refractivity contribution is 7.99. The van der Waals surface area contributed by atoms with Crippen molar-refractivity contribution in [3.63, 3.8) is 0 Å². The summed E-state index contributed by atoms with van der Waals surface area (Å²) in [6.07, 6.45) is 0. The molecular formula is C18H20FNOS. The fourth-order valence-electron chi connectivity index (χ4n) is 2.18. The molecule has 0 unspecified atom stereocenters. The van der Waals surface area contributed by atoms with Crippen LogP contribution in [0.15, 0.2) is 48.5 Å². The molecule has 0 aliphatic heterocycles. The van der Waals surface area contributed by atoms with Crippen molar-refractivity contribution in [2.45, 2.75) is 25.6 Å². The maximum absolute atomic E-state index is 12.9. The van der Waals surface area contributed by atoms with Crippen molar-refractivity contribution in [1.82, 2.24) is 5.32 Å². The van der Waals surface area contributed by atoms with E-state index in [4.69, 9.17) is 0 Å². The lowest BCUT2D eigenvalue weighted by Crippen LogP contribution is -2.28. The van der Waals surface area contributed by atoms with E-state index in [-0.39, 0.29) is 17.8 Å². The molecule has 1 amide bonds. The molecule has 1 atom stereocenters. The first-order valence-corrected chi connectivity index (χ1v) is 8.38. The van der Waals surface area contributed by atoms with Gasteiger partial charge in [-0.2, -0.15) is 0 Å². The van der Waals surface area contributed by atoms with Gasteiger partial charge in [-0.15, -0.1) is 11.8 Å². The number of thioether (sulfide) groups is 1. The van der Waals surface area contributed by atoms with Gasteiger partial charge in [0.05, 0.1) is 11.8 Å². The van der Waals surface area contributed by atoms with Gasteiger partial charge in [0.2, 0.25) is 5.91 Å². The van der Waals surface area contributed by atoms with Crippen LogP contribution in [-0.2, 0) is 10.5 Å². The second kappa shape index (κ2) is 7.99. The van der Waals surface area contributed by atoms with Crippen molar-refractivity contribution in [1.29, 1.82) is 0 Å². The fourth-order valence-corrected chi connectivity index (χ4v) is 2.97. The Hall–Kier alpha value is -1.81. The first kappa shape index (κ1) is 16.6. The quantitative estimate of drug-likeness (QED) is 0.863. The number of amides is 1. The summed E-state index contributed by atoms with van der Waals surface area (Å²) in [5.41, 5.74) is 3.36. The van der Waals surface area contributed by atoms with Crippen LogP contribution < -0.4 is 5.32 Å². The molecule has 22 heavy (non-hydrogen) atoms. The molecule has 2 rings (SSSR count). The Morgan fingerprint density at radius 2 is 1.95 bits per heavy atom. The van der Waals surface area contributed by atoms with E-state index in [0.717, 1.165) is 11.3 Å². The summed E-state index contributed by atoms with van der Waals surface area (Å²) in [7, 11) is 0. The molecule has 0 saturated carbocycles. The van der Waals surface area contributed by atoms with E-state index in [1.165, 1.54) is 23.3 Å². The third-order valence-electron chi connectivity index (χ3n) is 3.33. The molecule has 4 heteroatoms. The monoisotopic (exact) mass is 317 g/mol. The van der Waals surface area contributed by atoms with Crippen LogP contribution in [0, 0.1) is 12.7 Å². The Balaban J connectivity index is 1.76. The second-order valence-electron chi connectivity index (χ2n) is 5.32. The maximum atomic E-state index is 12.9. The minimum Gasteiger partial charge on any atom is -0.349 e. The van der Waals surface area contributed by atoms with Crippen LogP contribution in [0.4, 0.5) is 4.39 Å². The lowest BCUT2D eigenvalue weighted by atomic mass is 10.1. The highest BCUT2D eigenvalue weighted by atomic mass is 32.2. The van der Waals surface area contributed by atoms with E-state index in [1.807, 2.05) is 13.0 Å². The smallest absolute Gasteiger partial charge is 0.230 e. The number of carbonyl (C=O) groups excluding carboxylic acids is 1. The van der Waals surface area contributed by atoms with Crippen LogP contribution in [0.3, 0.4) is 0 Å². The summed E-state index contributed by atoms with van der Waals surface area (Å²) in [4.78, 5) is 11.9. The third-order valence-corrected chi connectivity index (χ3v) is 4.34. The topological polar surface area (TPSA) is 29.1 Å². The largest absolute Gasteiger partial charge is 0.349 e. The Bertz CT molecular complexity index is 627. The van der Waals surface area contributed by atoms with Gasteiger partial charge in [-0.3, -0.25) is 4.79 Å². The van der Waals surface area contributed by atoms with E-state index in [2.05, 4.69) is 30.4 Å². The summed E-state index contributed by atoms with van der Waals surface area (Å²) >= 11 is 1.59. The lowest BCUT2D eigenvalue weighted by molar-refractivity contribution is -0.119. The Labute approximate surface area is 135 Å². The van der Waals surface area contributed by atoms with Gasteiger partial charge in [-0.05, 0) is 37.1 Å². The summed E-state index contributed by atoms with van der Waals surface area (Å²) < 4.78 is 12.9. The van der Waals surface area contributed by atoms with Crippen molar-refractivity contribution in [2.75, 3.05) is 5.75 Å². The zero-order valence-electron chi connectivity index (χ0n) is 12.8. The Morgan fingerprint density at radius 3 is 2.64 bits per heavy atom. The number of hydrogen-bond donors (Lipinski definition) is 1. The molecule has 0 aromatic heterocycles. The zero-order valence-corrected chi connectivity index (χ0v) is 13.6. The Kier molecular flexibility index (Phi) is 6.01. The first-order chi connectivity index (χ1) is 10.5. The molecule has 0 aliphatic carbocycles. The van der Waals surface area contributed by atoms with E-state index in [0.29, 0.717) is 5.75 Å². The molecular weight excluding hydrogens is 297 g/mol. The van der Waals surface area contributed by atoms with Crippen LogP contribution in [-0.4, -0.2) is 11.7 Å². The molecule has 2 nitrogen and oxygen atoms in total. The summed E-state index contributed by atoms with van der Waals surface area (Å²) in [5.74, 6) is 0.963. The molecule has 2 aromatic carbocycles. The van der Waals surface area contributed by atoms with Gasteiger partial charge in [0.1, 0.15) is 5.82 Å². The van der Waals surface area contributed by atoms with Crippen molar-refractivity contribution < 1.29 is 9.18 Å². The molecule has 0 bridgehead atoms. The maximum Gasteiger partial charge on any atom is 0.230 e. The number of carbonyl (C=O) groups is 1. The second-order valence-corrected chi connectivity index (χ2v) is 6.31. The Morgan fingerprint density at radius 1 is 1.23 bits per heavy atom. The standard InChI is InChI=1S/C18H20FNOS/c1-13-4-3-5-15(10-13)11-22-12-18(21)20-14(2)16-6-8-17(19)9-7-16/h3-10,14H,11-12H2,1-2H3,(H,20,21)/t14-/m0/s1. The predicted octanol–water partition coefficient (Wildman–Crippen LogP) is 4.24. The van der Waals surface area contributed by atoms with Crippen LogP contribution in [0.5, 0.6) is 0 Å². The SMILES string of the molecule is Cc1cccc(CSCC(=O)N[C@@H](C)c2ccc(F)cc2)c1. The summed E-state index contributed by atoms with van der Waals surface area (Å²) in [6.45, 7) is 3.96. The number of rotatable bonds is 6. The van der Waals surface area contributed by atoms with E-state index in [1.54, 1.807) is 23.9 Å². The van der Waals surface area contributed by atoms with E-state index in [9.17, 15) is 9.18 Å². The minimum absolute atomic E-state index is 0.00511. The summed E-state index contributed by atoms with van der Waals surface area (Å²) in [5, 5.41) is 2.93. The van der Waals surface area contributed by atoms with Gasteiger partial charge < -0.3 is 5.32 Å². The van der Waals surface area contributed by atoms with Crippen LogP contribution in [0.2, 0.25) is 0 Å². The van der Waals surface area contributed by atoms with Gasteiger partial charge in [-0.1, -0.05) is 42.0 Å². The van der Waals surface area contributed by atoms with Gasteiger partial charge in [0.15, 0.2) is 0 Å². The highest BCUT2D eigenvalue weighted by Gasteiger charge is 2.09. The van der Waals surface area contributed by atoms with Crippen molar-refractivity contribution >= 4 is 17.7 Å². The zero-order chi connectivity index (χ0) is 15.9. The molecule has 1 N–H and O–H groups in total. The first-order valence-electron chi connectivity index (χ1n) is 7.22. The number of hydrogen-bond acceptors (Lipinski definition) is 2. The van der Waals surface area contributed by atoms with Crippen molar-refractivity contribution in [2.24, 2.45) is 0 Å². The molecule has 0 saturated heterocycles. The highest BCUT2D eigenvalue weighted by Crippen LogP contribution is 2.15. The third kappa shape index (κ3) is 5.19. The number of aryl methyl sites for hydroxylation is 1. The number of nitrogens with one attached hydrogen (secondary N) is 1. The molecule has 0 fully saturated rings. The molecule has 0 spiro atoms. The minimum atomic E-state index is -0.268. The predicted molar refractivity (Wildman–Crippen MR) is 90.3 cm³/mol. The molecule has 116 valence electrons. The van der Waals surface area contributed by atoms with Crippen LogP contribution in [0.25, 0.3) is 0 Å². The van der Waals surface area contributed by atoms with Crippen molar-refractivity contribution in [3.8, 4) is 0 Å². The van der Waals surface area contributed by atoms with Gasteiger partial charge >= 0.3 is 0 Å². The normalized spacial score (nSPS) is 12.0. The number of halogens is 1. The molecule has 0 aliphatic rings.